The van der Waals surface area contributed by atoms with E-state index < -0.39 is 8.96 Å². The first kappa shape index (κ1) is 8.78. The van der Waals surface area contributed by atoms with Gasteiger partial charge in [-0.05, 0) is 12.8 Å². The van der Waals surface area contributed by atoms with Gasteiger partial charge in [-0.1, -0.05) is 19.5 Å². The smallest absolute Gasteiger partial charge is 0.214 e. The van der Waals surface area contributed by atoms with Crippen molar-refractivity contribution < 1.29 is 4.79 Å². The van der Waals surface area contributed by atoms with Crippen molar-refractivity contribution in [1.29, 1.82) is 0 Å². The predicted octanol–water partition coefficient (Wildman–Crippen LogP) is 1.37. The average Bonchev–Trinajstić information content (AvgIpc) is 2.13. The first-order valence-corrected chi connectivity index (χ1v) is 7.34. The minimum absolute atomic E-state index is 0.407. The Morgan fingerprint density at radius 2 is 2.00 bits per heavy atom. The van der Waals surface area contributed by atoms with Crippen molar-refractivity contribution >= 4 is 14.9 Å². The molecule has 0 N–H and O–H groups in total. The Balaban J connectivity index is 2.52. The number of hydrogen-bond donors (Lipinski definition) is 0. The highest BCUT2D eigenvalue weighted by atomic mass is 28.3. The van der Waals surface area contributed by atoms with Crippen LogP contribution in [0.3, 0.4) is 0 Å². The topological polar surface area (TPSA) is 20.3 Å². The molecule has 0 bridgehead atoms. The Morgan fingerprint density at radius 1 is 1.27 bits per heavy atom. The van der Waals surface area contributed by atoms with E-state index in [2.05, 4.69) is 17.7 Å². The molecule has 0 aromatic rings. The van der Waals surface area contributed by atoms with E-state index in [0.29, 0.717) is 5.91 Å². The van der Waals surface area contributed by atoms with Crippen LogP contribution in [0, 0.1) is 0 Å². The molecule has 0 unspecified atom stereocenters. The normalized spacial score (nSPS) is 20.6. The van der Waals surface area contributed by atoms with E-state index in [-0.39, 0.29) is 0 Å². The molecule has 1 aliphatic rings. The van der Waals surface area contributed by atoms with Gasteiger partial charge in [-0.15, -0.1) is 0 Å². The first-order chi connectivity index (χ1) is 5.22. The van der Waals surface area contributed by atoms with Gasteiger partial charge in [0.2, 0.25) is 5.91 Å². The number of hydrogen-bond acceptors (Lipinski definition) is 1. The van der Waals surface area contributed by atoms with Crippen molar-refractivity contribution in [2.24, 2.45) is 0 Å². The molecule has 1 saturated heterocycles. The van der Waals surface area contributed by atoms with Crippen LogP contribution in [0.5, 0.6) is 0 Å². The van der Waals surface area contributed by atoms with E-state index >= 15 is 0 Å². The highest BCUT2D eigenvalue weighted by Gasteiger charge is 2.18. The van der Waals surface area contributed by atoms with Crippen molar-refractivity contribution in [2.75, 3.05) is 6.54 Å². The third-order valence-electron chi connectivity index (χ3n) is 2.23. The third-order valence-corrected chi connectivity index (χ3v) is 4.03. The second-order valence-electron chi connectivity index (χ2n) is 3.49. The van der Waals surface area contributed by atoms with Crippen LogP contribution in [0.2, 0.25) is 13.1 Å². The summed E-state index contributed by atoms with van der Waals surface area (Å²) in [6, 6.07) is 0. The van der Waals surface area contributed by atoms with Gasteiger partial charge in [0.1, 0.15) is 8.96 Å². The summed E-state index contributed by atoms with van der Waals surface area (Å²) in [5.74, 6) is 0.407. The fourth-order valence-corrected chi connectivity index (χ4v) is 2.95. The molecule has 0 aliphatic carbocycles. The lowest BCUT2D eigenvalue weighted by Gasteiger charge is -2.23. The van der Waals surface area contributed by atoms with E-state index in [1.807, 2.05) is 0 Å². The van der Waals surface area contributed by atoms with Crippen LogP contribution in [0.15, 0.2) is 0 Å². The van der Waals surface area contributed by atoms with Crippen LogP contribution >= 0.6 is 0 Å². The summed E-state index contributed by atoms with van der Waals surface area (Å²) >= 11 is 0. The maximum atomic E-state index is 11.4. The van der Waals surface area contributed by atoms with Gasteiger partial charge in [0, 0.05) is 13.0 Å². The molecule has 1 heterocycles. The number of rotatable bonds is 1. The van der Waals surface area contributed by atoms with E-state index in [1.165, 1.54) is 12.8 Å². The minimum Gasteiger partial charge on any atom is -0.373 e. The van der Waals surface area contributed by atoms with Gasteiger partial charge in [0.25, 0.3) is 0 Å². The molecule has 0 saturated carbocycles. The van der Waals surface area contributed by atoms with Crippen LogP contribution < -0.4 is 0 Å². The molecule has 0 aromatic carbocycles. The average molecular weight is 171 g/mol. The lowest BCUT2D eigenvalue weighted by atomic mass is 10.2. The van der Waals surface area contributed by atoms with Gasteiger partial charge in [-0.3, -0.25) is 4.79 Å². The second-order valence-corrected chi connectivity index (χ2v) is 6.30. The fourth-order valence-electron chi connectivity index (χ4n) is 1.55. The number of carbonyl (C=O) groups is 1. The molecule has 0 radical (unpaired) electrons. The monoisotopic (exact) mass is 171 g/mol. The zero-order chi connectivity index (χ0) is 8.27. The second kappa shape index (κ2) is 3.90. The van der Waals surface area contributed by atoms with Gasteiger partial charge in [-0.2, -0.15) is 0 Å². The lowest BCUT2D eigenvalue weighted by molar-refractivity contribution is -0.126. The largest absolute Gasteiger partial charge is 0.373 e. The molecule has 1 aliphatic heterocycles. The van der Waals surface area contributed by atoms with E-state index in [1.54, 1.807) is 0 Å². The van der Waals surface area contributed by atoms with Crippen LogP contribution in [-0.2, 0) is 4.79 Å². The van der Waals surface area contributed by atoms with Gasteiger partial charge < -0.3 is 4.57 Å². The van der Waals surface area contributed by atoms with Crippen molar-refractivity contribution in [3.63, 3.8) is 0 Å². The molecule has 11 heavy (non-hydrogen) atoms. The molecule has 0 spiro atoms. The highest BCUT2D eigenvalue weighted by molar-refractivity contribution is 6.55. The maximum Gasteiger partial charge on any atom is 0.214 e. The summed E-state index contributed by atoms with van der Waals surface area (Å²) in [5, 5.41) is 0. The fraction of sp³-hybridized carbons (Fsp3) is 0.875. The summed E-state index contributed by atoms with van der Waals surface area (Å²) in [5.41, 5.74) is 0. The standard InChI is InChI=1S/C8H17NOSi/c1-11(2)9-7-5-3-4-6-8(9)10/h11H,3-7H2,1-2H3. The van der Waals surface area contributed by atoms with Crippen molar-refractivity contribution in [3.05, 3.63) is 0 Å². The summed E-state index contributed by atoms with van der Waals surface area (Å²) in [4.78, 5) is 11.4. The van der Waals surface area contributed by atoms with E-state index in [0.717, 1.165) is 19.4 Å². The van der Waals surface area contributed by atoms with Gasteiger partial charge in [0.05, 0.1) is 0 Å². The zero-order valence-electron chi connectivity index (χ0n) is 7.47. The Hall–Kier alpha value is -0.313. The molecule has 3 heteroatoms. The molecule has 0 atom stereocenters. The summed E-state index contributed by atoms with van der Waals surface area (Å²) in [6.45, 7) is 5.48. The zero-order valence-corrected chi connectivity index (χ0v) is 8.62. The summed E-state index contributed by atoms with van der Waals surface area (Å²) < 4.78 is 2.13. The number of nitrogens with zero attached hydrogens (tertiary/aromatic N) is 1. The molecule has 1 fully saturated rings. The number of amides is 1. The molecule has 1 amide bonds. The van der Waals surface area contributed by atoms with Crippen LogP contribution in [-0.4, -0.2) is 26.0 Å². The maximum absolute atomic E-state index is 11.4. The Labute approximate surface area is 70.3 Å². The van der Waals surface area contributed by atoms with Crippen LogP contribution in [0.1, 0.15) is 25.7 Å². The minimum atomic E-state index is -0.855. The van der Waals surface area contributed by atoms with Gasteiger partial charge >= 0.3 is 0 Å². The lowest BCUT2D eigenvalue weighted by Crippen LogP contribution is -2.39. The SMILES string of the molecule is C[SiH](C)N1CCCCCC1=O. The third kappa shape index (κ3) is 2.33. The Bertz CT molecular complexity index is 147. The summed E-state index contributed by atoms with van der Waals surface area (Å²) in [7, 11) is -0.855. The molecule has 0 aromatic heterocycles. The molecular formula is C8H17NOSi. The van der Waals surface area contributed by atoms with Gasteiger partial charge in [-0.25, -0.2) is 0 Å². The van der Waals surface area contributed by atoms with Crippen LogP contribution in [0.25, 0.3) is 0 Å². The van der Waals surface area contributed by atoms with Gasteiger partial charge in [0.15, 0.2) is 0 Å². The number of carbonyl (C=O) groups excluding carboxylic acids is 1. The highest BCUT2D eigenvalue weighted by Crippen LogP contribution is 2.11. The van der Waals surface area contributed by atoms with Crippen LogP contribution in [0.4, 0.5) is 0 Å². The van der Waals surface area contributed by atoms with E-state index in [4.69, 9.17) is 0 Å². The molecule has 2 nitrogen and oxygen atoms in total. The van der Waals surface area contributed by atoms with E-state index in [9.17, 15) is 4.79 Å². The molecule has 64 valence electrons. The summed E-state index contributed by atoms with van der Waals surface area (Å²) in [6.07, 6.45) is 4.36. The Kier molecular flexibility index (Phi) is 3.11. The van der Waals surface area contributed by atoms with Crippen molar-refractivity contribution in [2.45, 2.75) is 38.8 Å². The molecular weight excluding hydrogens is 154 g/mol. The van der Waals surface area contributed by atoms with Crippen molar-refractivity contribution in [3.8, 4) is 0 Å². The quantitative estimate of drug-likeness (QED) is 0.546. The first-order valence-electron chi connectivity index (χ1n) is 4.51. The molecule has 1 rings (SSSR count). The van der Waals surface area contributed by atoms with Crippen molar-refractivity contribution in [1.82, 2.24) is 4.57 Å². The Morgan fingerprint density at radius 3 is 2.64 bits per heavy atom. The predicted molar refractivity (Wildman–Crippen MR) is 49.1 cm³/mol.